The van der Waals surface area contributed by atoms with Crippen molar-refractivity contribution >= 4 is 51.8 Å². The molecule has 26 heavy (non-hydrogen) atoms. The molecule has 134 valence electrons. The van der Waals surface area contributed by atoms with Gasteiger partial charge < -0.3 is 4.42 Å². The molecule has 0 aliphatic carbocycles. The Kier molecular flexibility index (Phi) is 6.30. The first-order valence-corrected chi connectivity index (χ1v) is 9.88. The minimum atomic E-state index is -0.420. The fourth-order valence-corrected chi connectivity index (χ4v) is 3.68. The molecule has 0 saturated heterocycles. The fraction of sp³-hybridized carbons (Fsp3) is 0.158. The first-order valence-electron chi connectivity index (χ1n) is 7.86. The van der Waals surface area contributed by atoms with E-state index in [2.05, 4.69) is 4.98 Å². The average molecular weight is 427 g/mol. The van der Waals surface area contributed by atoms with Crippen molar-refractivity contribution in [2.45, 2.75) is 23.8 Å². The maximum absolute atomic E-state index is 11.5. The van der Waals surface area contributed by atoms with Gasteiger partial charge in [-0.1, -0.05) is 54.0 Å². The van der Waals surface area contributed by atoms with Crippen LogP contribution in [0.3, 0.4) is 0 Å². The lowest BCUT2D eigenvalue weighted by Crippen LogP contribution is -2.09. The summed E-state index contributed by atoms with van der Waals surface area (Å²) in [6.07, 6.45) is 0.585. The molecule has 1 atom stereocenters. The summed E-state index contributed by atoms with van der Waals surface area (Å²) >= 11 is 18.8. The molecule has 7 heteroatoms. The predicted molar refractivity (Wildman–Crippen MR) is 108 cm³/mol. The average Bonchev–Trinajstić information content (AvgIpc) is 3.04. The third-order valence-corrected chi connectivity index (χ3v) is 5.80. The molecule has 0 radical (unpaired) electrons. The van der Waals surface area contributed by atoms with E-state index in [-0.39, 0.29) is 0 Å². The van der Waals surface area contributed by atoms with Crippen molar-refractivity contribution in [3.05, 3.63) is 58.6 Å². The van der Waals surface area contributed by atoms with Crippen LogP contribution in [0.2, 0.25) is 10.0 Å². The minimum Gasteiger partial charge on any atom is -0.431 e. The number of thioether (sulfide) groups is 1. The molecule has 0 saturated carbocycles. The van der Waals surface area contributed by atoms with Crippen molar-refractivity contribution in [1.29, 1.82) is 0 Å². The number of hydrogen-bond donors (Lipinski definition) is 0. The van der Waals surface area contributed by atoms with Crippen LogP contribution in [0.15, 0.2) is 58.2 Å². The quantitative estimate of drug-likeness (QED) is 0.316. The molecule has 0 aliphatic rings. The second kappa shape index (κ2) is 8.49. The fourth-order valence-electron chi connectivity index (χ4n) is 2.36. The molecule has 3 rings (SSSR count). The van der Waals surface area contributed by atoms with E-state index >= 15 is 0 Å². The SMILES string of the molecule is CCC(Sc1nc(-c2ccc(Cl)cc2)c(-c2ccc(Cl)cc2)o1)C(=O)Cl. The van der Waals surface area contributed by atoms with Gasteiger partial charge in [0, 0.05) is 21.2 Å². The van der Waals surface area contributed by atoms with Gasteiger partial charge in [0.25, 0.3) is 5.22 Å². The number of aromatic nitrogens is 1. The van der Waals surface area contributed by atoms with Gasteiger partial charge in [0.15, 0.2) is 5.76 Å². The smallest absolute Gasteiger partial charge is 0.257 e. The summed E-state index contributed by atoms with van der Waals surface area (Å²) < 4.78 is 5.97. The number of halogens is 3. The summed E-state index contributed by atoms with van der Waals surface area (Å²) in [6, 6.07) is 14.6. The lowest BCUT2D eigenvalue weighted by Gasteiger charge is -2.04. The van der Waals surface area contributed by atoms with Crippen LogP contribution in [0.25, 0.3) is 22.6 Å². The van der Waals surface area contributed by atoms with Crippen LogP contribution in [0, 0.1) is 0 Å². The largest absolute Gasteiger partial charge is 0.431 e. The zero-order valence-corrected chi connectivity index (χ0v) is 16.8. The van der Waals surface area contributed by atoms with E-state index < -0.39 is 10.5 Å². The molecule has 1 aromatic heterocycles. The first kappa shape index (κ1) is 19.3. The highest BCUT2D eigenvalue weighted by atomic mass is 35.5. The number of rotatable bonds is 6. The van der Waals surface area contributed by atoms with Crippen LogP contribution in [0.4, 0.5) is 0 Å². The van der Waals surface area contributed by atoms with Crippen molar-refractivity contribution < 1.29 is 9.21 Å². The Morgan fingerprint density at radius 2 is 1.58 bits per heavy atom. The summed E-state index contributed by atoms with van der Waals surface area (Å²) in [7, 11) is 0. The summed E-state index contributed by atoms with van der Waals surface area (Å²) in [5.74, 6) is 0.600. The van der Waals surface area contributed by atoms with Gasteiger partial charge in [-0.25, -0.2) is 4.98 Å². The van der Waals surface area contributed by atoms with Crippen LogP contribution >= 0.6 is 46.6 Å². The Morgan fingerprint density at radius 3 is 2.08 bits per heavy atom. The van der Waals surface area contributed by atoms with E-state index in [0.29, 0.717) is 33.1 Å². The number of nitrogens with zero attached hydrogens (tertiary/aromatic N) is 1. The Labute approximate surface area is 170 Å². The summed E-state index contributed by atoms with van der Waals surface area (Å²) in [5, 5.41) is 0.831. The maximum Gasteiger partial charge on any atom is 0.257 e. The van der Waals surface area contributed by atoms with Crippen LogP contribution in [0.5, 0.6) is 0 Å². The van der Waals surface area contributed by atoms with E-state index in [1.54, 1.807) is 24.3 Å². The molecule has 0 N–H and O–H groups in total. The molecular formula is C19H14Cl3NO2S. The number of carbonyl (C=O) groups excluding carboxylic acids is 1. The number of benzene rings is 2. The van der Waals surface area contributed by atoms with E-state index in [9.17, 15) is 4.79 Å². The van der Waals surface area contributed by atoms with Gasteiger partial charge in [-0.15, -0.1) is 0 Å². The second-order valence-electron chi connectivity index (χ2n) is 5.49. The van der Waals surface area contributed by atoms with Crippen molar-refractivity contribution in [2.24, 2.45) is 0 Å². The zero-order chi connectivity index (χ0) is 18.7. The van der Waals surface area contributed by atoms with Crippen molar-refractivity contribution in [2.75, 3.05) is 0 Å². The van der Waals surface area contributed by atoms with Gasteiger partial charge in [0.1, 0.15) is 5.69 Å². The van der Waals surface area contributed by atoms with Crippen LogP contribution in [-0.4, -0.2) is 15.5 Å². The van der Waals surface area contributed by atoms with E-state index in [0.717, 1.165) is 11.1 Å². The highest BCUT2D eigenvalue weighted by Gasteiger charge is 2.22. The van der Waals surface area contributed by atoms with Gasteiger partial charge in [0.2, 0.25) is 5.24 Å². The number of carbonyl (C=O) groups is 1. The lowest BCUT2D eigenvalue weighted by atomic mass is 10.1. The van der Waals surface area contributed by atoms with Crippen LogP contribution < -0.4 is 0 Å². The summed E-state index contributed by atoms with van der Waals surface area (Å²) in [4.78, 5) is 16.1. The Bertz CT molecular complexity index is 845. The molecule has 0 bridgehead atoms. The monoisotopic (exact) mass is 425 g/mol. The molecule has 3 nitrogen and oxygen atoms in total. The third-order valence-electron chi connectivity index (χ3n) is 3.70. The topological polar surface area (TPSA) is 43.1 Å². The van der Waals surface area contributed by atoms with Gasteiger partial charge in [-0.05, 0) is 54.4 Å². The Balaban J connectivity index is 2.06. The summed E-state index contributed by atoms with van der Waals surface area (Å²) in [5.41, 5.74) is 2.37. The molecule has 1 unspecified atom stereocenters. The maximum atomic E-state index is 11.5. The van der Waals surface area contributed by atoms with Crippen LogP contribution in [0.1, 0.15) is 13.3 Å². The molecule has 0 aliphatic heterocycles. The predicted octanol–water partition coefficient (Wildman–Crippen LogP) is 6.95. The minimum absolute atomic E-state index is 0.390. The Hall–Kier alpha value is -1.46. The second-order valence-corrected chi connectivity index (χ2v) is 7.89. The van der Waals surface area contributed by atoms with E-state index in [1.807, 2.05) is 31.2 Å². The Morgan fingerprint density at radius 1 is 1.04 bits per heavy atom. The molecule has 2 aromatic carbocycles. The molecule has 1 heterocycles. The molecular weight excluding hydrogens is 413 g/mol. The normalized spacial score (nSPS) is 12.2. The van der Waals surface area contributed by atoms with E-state index in [1.165, 1.54) is 11.8 Å². The van der Waals surface area contributed by atoms with Crippen LogP contribution in [-0.2, 0) is 4.79 Å². The standard InChI is InChI=1S/C19H14Cl3NO2S/c1-2-15(18(22)24)26-19-23-16(11-3-7-13(20)8-4-11)17(25-19)12-5-9-14(21)10-6-12/h3-10,15H,2H2,1H3. The molecule has 0 spiro atoms. The number of hydrogen-bond acceptors (Lipinski definition) is 4. The third kappa shape index (κ3) is 4.44. The van der Waals surface area contributed by atoms with E-state index in [4.69, 9.17) is 39.2 Å². The van der Waals surface area contributed by atoms with Gasteiger partial charge in [0.05, 0.1) is 5.25 Å². The van der Waals surface area contributed by atoms with Gasteiger partial charge in [-0.3, -0.25) is 4.79 Å². The lowest BCUT2D eigenvalue weighted by molar-refractivity contribution is -0.111. The zero-order valence-electron chi connectivity index (χ0n) is 13.7. The van der Waals surface area contributed by atoms with Crippen molar-refractivity contribution in [1.82, 2.24) is 4.98 Å². The van der Waals surface area contributed by atoms with Gasteiger partial charge >= 0.3 is 0 Å². The van der Waals surface area contributed by atoms with Gasteiger partial charge in [-0.2, -0.15) is 0 Å². The molecule has 3 aromatic rings. The first-order chi connectivity index (χ1) is 12.5. The van der Waals surface area contributed by atoms with Crippen molar-refractivity contribution in [3.8, 4) is 22.6 Å². The van der Waals surface area contributed by atoms with Crippen molar-refractivity contribution in [3.63, 3.8) is 0 Å². The highest BCUT2D eigenvalue weighted by molar-refractivity contribution is 8.00. The molecule has 0 amide bonds. The number of oxazole rings is 1. The summed E-state index contributed by atoms with van der Waals surface area (Å²) in [6.45, 7) is 1.89. The molecule has 0 fully saturated rings. The highest BCUT2D eigenvalue weighted by Crippen LogP contribution is 2.38.